The van der Waals surface area contributed by atoms with Gasteiger partial charge in [-0.15, -0.1) is 0 Å². The molecule has 1 aliphatic heterocycles. The predicted octanol–water partition coefficient (Wildman–Crippen LogP) is 3.69. The van der Waals surface area contributed by atoms with Gasteiger partial charge < -0.3 is 14.7 Å². The first-order chi connectivity index (χ1) is 13.5. The minimum Gasteiger partial charge on any atom is -0.339 e. The molecule has 28 heavy (non-hydrogen) atoms. The number of aromatic nitrogens is 2. The Balaban J connectivity index is 1.50. The summed E-state index contributed by atoms with van der Waals surface area (Å²) in [5.74, 6) is 0.176. The van der Waals surface area contributed by atoms with Crippen molar-refractivity contribution in [2.45, 2.75) is 13.3 Å². The van der Waals surface area contributed by atoms with Crippen molar-refractivity contribution in [3.8, 4) is 11.4 Å². The summed E-state index contributed by atoms with van der Waals surface area (Å²) in [6.07, 6.45) is 0.151. The average Bonchev–Trinajstić information content (AvgIpc) is 3.28. The molecule has 142 valence electrons. The smallest absolute Gasteiger partial charge is 0.229 e. The van der Waals surface area contributed by atoms with Crippen LogP contribution in [0.1, 0.15) is 12.3 Å². The minimum atomic E-state index is -0.442. The van der Waals surface area contributed by atoms with E-state index in [0.29, 0.717) is 34.7 Å². The number of aryl methyl sites for hydroxylation is 1. The molecule has 1 N–H and O–H groups in total. The molecule has 0 aliphatic carbocycles. The number of halogens is 1. The van der Waals surface area contributed by atoms with Gasteiger partial charge in [0.05, 0.1) is 5.92 Å². The maximum atomic E-state index is 12.6. The fourth-order valence-corrected chi connectivity index (χ4v) is 3.36. The molecule has 3 aromatic rings. The molecular weight excluding hydrogens is 380 g/mol. The van der Waals surface area contributed by atoms with Crippen LogP contribution in [0.5, 0.6) is 0 Å². The Bertz CT molecular complexity index is 1050. The second-order valence-electron chi connectivity index (χ2n) is 6.59. The quantitative estimate of drug-likeness (QED) is 0.726. The van der Waals surface area contributed by atoms with Crippen LogP contribution in [-0.4, -0.2) is 28.5 Å². The number of carbonyl (C=O) groups excluding carboxylic acids is 2. The third-order valence-corrected chi connectivity index (χ3v) is 4.77. The van der Waals surface area contributed by atoms with Crippen molar-refractivity contribution in [3.05, 3.63) is 59.4 Å². The van der Waals surface area contributed by atoms with Crippen molar-refractivity contribution < 1.29 is 14.1 Å². The molecule has 2 amide bonds. The van der Waals surface area contributed by atoms with Gasteiger partial charge in [0.25, 0.3) is 0 Å². The van der Waals surface area contributed by atoms with Crippen molar-refractivity contribution in [1.29, 1.82) is 0 Å². The molecule has 0 unspecified atom stereocenters. The van der Waals surface area contributed by atoms with Gasteiger partial charge in [-0.1, -0.05) is 35.0 Å². The lowest BCUT2D eigenvalue weighted by Crippen LogP contribution is -2.28. The minimum absolute atomic E-state index is 0.104. The number of nitrogens with one attached hydrogen (secondary N) is 1. The van der Waals surface area contributed by atoms with E-state index in [-0.39, 0.29) is 18.2 Å². The van der Waals surface area contributed by atoms with Crippen molar-refractivity contribution in [1.82, 2.24) is 10.1 Å². The zero-order valence-corrected chi connectivity index (χ0v) is 15.8. The summed E-state index contributed by atoms with van der Waals surface area (Å²) >= 11 is 5.95. The summed E-state index contributed by atoms with van der Waals surface area (Å²) in [7, 11) is 0. The molecule has 2 aromatic carbocycles. The van der Waals surface area contributed by atoms with Crippen LogP contribution < -0.4 is 10.2 Å². The maximum Gasteiger partial charge on any atom is 0.229 e. The molecule has 1 aliphatic rings. The van der Waals surface area contributed by atoms with E-state index < -0.39 is 5.92 Å². The van der Waals surface area contributed by atoms with Gasteiger partial charge in [-0.25, -0.2) is 0 Å². The second-order valence-corrected chi connectivity index (χ2v) is 7.03. The van der Waals surface area contributed by atoms with E-state index >= 15 is 0 Å². The second kappa shape index (κ2) is 7.44. The van der Waals surface area contributed by atoms with Crippen LogP contribution in [0.15, 0.2) is 53.1 Å². The molecule has 1 aromatic heterocycles. The maximum absolute atomic E-state index is 12.6. The van der Waals surface area contributed by atoms with Crippen LogP contribution in [0, 0.1) is 12.8 Å². The lowest BCUT2D eigenvalue weighted by atomic mass is 10.1. The third-order valence-electron chi connectivity index (χ3n) is 4.53. The average molecular weight is 397 g/mol. The van der Waals surface area contributed by atoms with E-state index in [2.05, 4.69) is 15.5 Å². The topological polar surface area (TPSA) is 88.3 Å². The number of hydrogen-bond donors (Lipinski definition) is 1. The molecule has 0 spiro atoms. The van der Waals surface area contributed by atoms with E-state index in [4.69, 9.17) is 16.1 Å². The number of carbonyl (C=O) groups is 2. The monoisotopic (exact) mass is 396 g/mol. The van der Waals surface area contributed by atoms with Crippen LogP contribution in [0.4, 0.5) is 11.4 Å². The lowest BCUT2D eigenvalue weighted by molar-refractivity contribution is -0.122. The Hall–Kier alpha value is -3.19. The number of hydrogen-bond acceptors (Lipinski definition) is 5. The van der Waals surface area contributed by atoms with Gasteiger partial charge in [0.2, 0.25) is 23.5 Å². The van der Waals surface area contributed by atoms with Crippen molar-refractivity contribution >= 4 is 34.8 Å². The summed E-state index contributed by atoms with van der Waals surface area (Å²) in [5.41, 5.74) is 2.05. The third kappa shape index (κ3) is 3.75. The van der Waals surface area contributed by atoms with E-state index in [1.807, 2.05) is 24.3 Å². The van der Waals surface area contributed by atoms with E-state index in [1.165, 1.54) is 0 Å². The Morgan fingerprint density at radius 1 is 1.25 bits per heavy atom. The van der Waals surface area contributed by atoms with Crippen LogP contribution in [0.3, 0.4) is 0 Å². The summed E-state index contributed by atoms with van der Waals surface area (Å²) in [4.78, 5) is 30.9. The summed E-state index contributed by atoms with van der Waals surface area (Å²) in [6.45, 7) is 2.02. The zero-order valence-electron chi connectivity index (χ0n) is 15.1. The van der Waals surface area contributed by atoms with Crippen LogP contribution in [0.25, 0.3) is 11.4 Å². The standard InChI is InChI=1S/C20H17ClN4O3/c1-12-22-19(24-28-12)13-4-2-7-17(8-13)25-11-14(9-18(25)26)20(27)23-16-6-3-5-15(21)10-16/h2-8,10,14H,9,11H2,1H3,(H,23,27)/t14-/m0/s1. The highest BCUT2D eigenvalue weighted by atomic mass is 35.5. The Kier molecular flexibility index (Phi) is 4.83. The van der Waals surface area contributed by atoms with Crippen molar-refractivity contribution in [2.75, 3.05) is 16.8 Å². The van der Waals surface area contributed by atoms with Crippen LogP contribution in [0.2, 0.25) is 5.02 Å². The highest BCUT2D eigenvalue weighted by molar-refractivity contribution is 6.30. The van der Waals surface area contributed by atoms with E-state index in [9.17, 15) is 9.59 Å². The van der Waals surface area contributed by atoms with Crippen LogP contribution >= 0.6 is 11.6 Å². The highest BCUT2D eigenvalue weighted by Gasteiger charge is 2.35. The molecule has 2 heterocycles. The fourth-order valence-electron chi connectivity index (χ4n) is 3.17. The summed E-state index contributed by atoms with van der Waals surface area (Å²) < 4.78 is 5.01. The van der Waals surface area contributed by atoms with Crippen molar-refractivity contribution in [2.24, 2.45) is 5.92 Å². The molecule has 1 fully saturated rings. The lowest BCUT2D eigenvalue weighted by Gasteiger charge is -2.17. The molecule has 0 saturated carbocycles. The normalized spacial score (nSPS) is 16.4. The first-order valence-corrected chi connectivity index (χ1v) is 9.15. The molecule has 8 heteroatoms. The zero-order chi connectivity index (χ0) is 19.7. The number of benzene rings is 2. The molecule has 7 nitrogen and oxygen atoms in total. The molecule has 0 bridgehead atoms. The molecular formula is C20H17ClN4O3. The van der Waals surface area contributed by atoms with Gasteiger partial charge in [-0.05, 0) is 30.3 Å². The van der Waals surface area contributed by atoms with Crippen LogP contribution in [-0.2, 0) is 9.59 Å². The van der Waals surface area contributed by atoms with Gasteiger partial charge in [0.1, 0.15) is 0 Å². The van der Waals surface area contributed by atoms with Gasteiger partial charge in [-0.2, -0.15) is 4.98 Å². The molecule has 1 saturated heterocycles. The van der Waals surface area contributed by atoms with Gasteiger partial charge in [-0.3, -0.25) is 9.59 Å². The highest BCUT2D eigenvalue weighted by Crippen LogP contribution is 2.29. The van der Waals surface area contributed by atoms with Gasteiger partial charge in [0, 0.05) is 41.9 Å². The Labute approximate surface area is 166 Å². The van der Waals surface area contributed by atoms with Gasteiger partial charge >= 0.3 is 0 Å². The predicted molar refractivity (Wildman–Crippen MR) is 105 cm³/mol. The first-order valence-electron chi connectivity index (χ1n) is 8.77. The Morgan fingerprint density at radius 2 is 2.07 bits per heavy atom. The van der Waals surface area contributed by atoms with Crippen molar-refractivity contribution in [3.63, 3.8) is 0 Å². The number of rotatable bonds is 4. The molecule has 4 rings (SSSR count). The molecule has 1 atom stereocenters. The first kappa shape index (κ1) is 18.2. The van der Waals surface area contributed by atoms with E-state index in [0.717, 1.165) is 5.56 Å². The molecule has 0 radical (unpaired) electrons. The fraction of sp³-hybridized carbons (Fsp3) is 0.200. The van der Waals surface area contributed by atoms with Gasteiger partial charge in [0.15, 0.2) is 0 Å². The summed E-state index contributed by atoms with van der Waals surface area (Å²) in [5, 5.41) is 7.27. The summed E-state index contributed by atoms with van der Waals surface area (Å²) in [6, 6.07) is 14.2. The number of anilines is 2. The Morgan fingerprint density at radius 3 is 2.82 bits per heavy atom. The van der Waals surface area contributed by atoms with E-state index in [1.54, 1.807) is 36.1 Å². The number of nitrogens with zero attached hydrogens (tertiary/aromatic N) is 3. The SMILES string of the molecule is Cc1nc(-c2cccc(N3C[C@@H](C(=O)Nc4cccc(Cl)c4)CC3=O)c2)no1. The number of amides is 2. The largest absolute Gasteiger partial charge is 0.339 e.